The van der Waals surface area contributed by atoms with Gasteiger partial charge in [0.05, 0.1) is 11.2 Å². The zero-order valence-electron chi connectivity index (χ0n) is 14.8. The highest BCUT2D eigenvalue weighted by Gasteiger charge is 2.28. The molecule has 8 heteroatoms. The number of fused-ring (bicyclic) bond motifs is 1. The number of ether oxygens (including phenoxy) is 2. The fourth-order valence-corrected chi connectivity index (χ4v) is 3.97. The predicted molar refractivity (Wildman–Crippen MR) is 100 cm³/mol. The third kappa shape index (κ3) is 4.05. The molecular formula is C19H21N3O4S. The second kappa shape index (κ2) is 7.96. The Kier molecular flexibility index (Phi) is 5.24. The summed E-state index contributed by atoms with van der Waals surface area (Å²) in [4.78, 5) is 31.1. The summed E-state index contributed by atoms with van der Waals surface area (Å²) in [6.45, 7) is 1.95. The molecule has 0 radical (unpaired) electrons. The van der Waals surface area contributed by atoms with Crippen molar-refractivity contribution in [1.29, 1.82) is 0 Å². The number of thiazole rings is 1. The van der Waals surface area contributed by atoms with Crippen LogP contribution in [0.4, 0.5) is 0 Å². The number of hydrogen-bond acceptors (Lipinski definition) is 6. The van der Waals surface area contributed by atoms with Gasteiger partial charge in [0.2, 0.25) is 12.7 Å². The van der Waals surface area contributed by atoms with Crippen LogP contribution < -0.4 is 14.8 Å². The van der Waals surface area contributed by atoms with Crippen molar-refractivity contribution in [2.75, 3.05) is 26.4 Å². The van der Waals surface area contributed by atoms with Crippen molar-refractivity contribution in [1.82, 2.24) is 15.2 Å². The van der Waals surface area contributed by atoms with Gasteiger partial charge in [-0.05, 0) is 31.0 Å². The van der Waals surface area contributed by atoms with Gasteiger partial charge in [0.15, 0.2) is 11.5 Å². The lowest BCUT2D eigenvalue weighted by Gasteiger charge is -2.31. The highest BCUT2D eigenvalue weighted by molar-refractivity contribution is 7.07. The van der Waals surface area contributed by atoms with E-state index >= 15 is 0 Å². The van der Waals surface area contributed by atoms with E-state index in [1.807, 2.05) is 5.38 Å². The SMILES string of the molecule is O=C(NCCc1cscn1)C1CCN(C(=O)c2ccc3c(c2)OCO3)CC1. The number of nitrogens with one attached hydrogen (secondary N) is 1. The van der Waals surface area contributed by atoms with Gasteiger partial charge in [-0.2, -0.15) is 0 Å². The molecule has 1 saturated heterocycles. The van der Waals surface area contributed by atoms with E-state index in [-0.39, 0.29) is 24.5 Å². The zero-order chi connectivity index (χ0) is 18.6. The number of nitrogens with zero attached hydrogens (tertiary/aromatic N) is 2. The number of carbonyl (C=O) groups excluding carboxylic acids is 2. The maximum Gasteiger partial charge on any atom is 0.253 e. The molecule has 2 aliphatic heterocycles. The first-order valence-electron chi connectivity index (χ1n) is 9.04. The van der Waals surface area contributed by atoms with Crippen LogP contribution in [0.3, 0.4) is 0 Å². The largest absolute Gasteiger partial charge is 0.454 e. The summed E-state index contributed by atoms with van der Waals surface area (Å²) in [5, 5.41) is 4.98. The Bertz CT molecular complexity index is 816. The molecular weight excluding hydrogens is 366 g/mol. The van der Waals surface area contributed by atoms with Crippen LogP contribution in [0.1, 0.15) is 28.9 Å². The first kappa shape index (κ1) is 17.8. The minimum Gasteiger partial charge on any atom is -0.454 e. The molecule has 0 atom stereocenters. The zero-order valence-corrected chi connectivity index (χ0v) is 15.7. The third-order valence-electron chi connectivity index (χ3n) is 4.94. The van der Waals surface area contributed by atoms with E-state index in [2.05, 4.69) is 10.3 Å². The Morgan fingerprint density at radius 3 is 2.81 bits per heavy atom. The van der Waals surface area contributed by atoms with Crippen molar-refractivity contribution in [2.45, 2.75) is 19.3 Å². The summed E-state index contributed by atoms with van der Waals surface area (Å²) >= 11 is 1.56. The van der Waals surface area contributed by atoms with Crippen molar-refractivity contribution in [3.63, 3.8) is 0 Å². The number of hydrogen-bond donors (Lipinski definition) is 1. The molecule has 0 unspecified atom stereocenters. The van der Waals surface area contributed by atoms with Gasteiger partial charge in [-0.15, -0.1) is 11.3 Å². The highest BCUT2D eigenvalue weighted by atomic mass is 32.1. The summed E-state index contributed by atoms with van der Waals surface area (Å²) in [5.74, 6) is 1.27. The average molecular weight is 387 g/mol. The maximum atomic E-state index is 12.7. The van der Waals surface area contributed by atoms with E-state index < -0.39 is 0 Å². The lowest BCUT2D eigenvalue weighted by molar-refractivity contribution is -0.126. The number of piperidine rings is 1. The van der Waals surface area contributed by atoms with Gasteiger partial charge in [0.1, 0.15) is 0 Å². The number of benzene rings is 1. The summed E-state index contributed by atoms with van der Waals surface area (Å²) in [6, 6.07) is 5.24. The fraction of sp³-hybridized carbons (Fsp3) is 0.421. The van der Waals surface area contributed by atoms with Crippen LogP contribution in [-0.4, -0.2) is 48.1 Å². The molecule has 2 aromatic rings. The van der Waals surface area contributed by atoms with Crippen LogP contribution in [0, 0.1) is 5.92 Å². The van der Waals surface area contributed by atoms with Crippen molar-refractivity contribution in [3.8, 4) is 11.5 Å². The van der Waals surface area contributed by atoms with E-state index in [9.17, 15) is 9.59 Å². The monoisotopic (exact) mass is 387 g/mol. The summed E-state index contributed by atoms with van der Waals surface area (Å²) < 4.78 is 10.6. The Morgan fingerprint density at radius 1 is 1.22 bits per heavy atom. The van der Waals surface area contributed by atoms with Crippen molar-refractivity contribution >= 4 is 23.2 Å². The van der Waals surface area contributed by atoms with Crippen LogP contribution in [0.2, 0.25) is 0 Å². The quantitative estimate of drug-likeness (QED) is 0.850. The average Bonchev–Trinajstić information content (AvgIpc) is 3.38. The summed E-state index contributed by atoms with van der Waals surface area (Å²) in [6.07, 6.45) is 2.11. The molecule has 0 spiro atoms. The molecule has 27 heavy (non-hydrogen) atoms. The number of amides is 2. The van der Waals surface area contributed by atoms with Gasteiger partial charge >= 0.3 is 0 Å². The van der Waals surface area contributed by atoms with Crippen LogP contribution >= 0.6 is 11.3 Å². The van der Waals surface area contributed by atoms with Crippen LogP contribution in [-0.2, 0) is 11.2 Å². The minimum absolute atomic E-state index is 0.0318. The topological polar surface area (TPSA) is 80.8 Å². The van der Waals surface area contributed by atoms with E-state index in [0.717, 1.165) is 12.1 Å². The first-order valence-corrected chi connectivity index (χ1v) is 9.98. The minimum atomic E-state index is -0.0405. The van der Waals surface area contributed by atoms with Gasteiger partial charge in [0, 0.05) is 42.9 Å². The lowest BCUT2D eigenvalue weighted by atomic mass is 9.95. The second-order valence-corrected chi connectivity index (χ2v) is 7.37. The molecule has 1 N–H and O–H groups in total. The Hall–Kier alpha value is -2.61. The molecule has 4 rings (SSSR count). The first-order chi connectivity index (χ1) is 13.2. The van der Waals surface area contributed by atoms with Crippen molar-refractivity contribution in [2.24, 2.45) is 5.92 Å². The molecule has 3 heterocycles. The molecule has 0 bridgehead atoms. The van der Waals surface area contributed by atoms with E-state index in [1.54, 1.807) is 39.9 Å². The van der Waals surface area contributed by atoms with Gasteiger partial charge in [-0.1, -0.05) is 0 Å². The van der Waals surface area contributed by atoms with Gasteiger partial charge in [-0.3, -0.25) is 9.59 Å². The molecule has 1 fully saturated rings. The van der Waals surface area contributed by atoms with Crippen LogP contribution in [0.5, 0.6) is 11.5 Å². The highest BCUT2D eigenvalue weighted by Crippen LogP contribution is 2.33. The Morgan fingerprint density at radius 2 is 2.04 bits per heavy atom. The number of carbonyl (C=O) groups is 2. The number of aromatic nitrogens is 1. The van der Waals surface area contributed by atoms with Gasteiger partial charge in [-0.25, -0.2) is 4.98 Å². The van der Waals surface area contributed by atoms with Gasteiger partial charge < -0.3 is 19.7 Å². The number of rotatable bonds is 5. The van der Waals surface area contributed by atoms with Crippen LogP contribution in [0.25, 0.3) is 0 Å². The second-order valence-electron chi connectivity index (χ2n) is 6.66. The predicted octanol–water partition coefficient (Wildman–Crippen LogP) is 2.08. The molecule has 1 aromatic carbocycles. The molecule has 0 saturated carbocycles. The smallest absolute Gasteiger partial charge is 0.253 e. The normalized spacial score (nSPS) is 16.4. The Balaban J connectivity index is 1.25. The molecule has 142 valence electrons. The molecule has 1 aromatic heterocycles. The summed E-state index contributed by atoms with van der Waals surface area (Å²) in [5.41, 5.74) is 3.39. The molecule has 2 aliphatic rings. The van der Waals surface area contributed by atoms with E-state index in [1.165, 1.54) is 0 Å². The van der Waals surface area contributed by atoms with E-state index in [4.69, 9.17) is 9.47 Å². The van der Waals surface area contributed by atoms with Gasteiger partial charge in [0.25, 0.3) is 5.91 Å². The van der Waals surface area contributed by atoms with Crippen LogP contribution in [0.15, 0.2) is 29.1 Å². The van der Waals surface area contributed by atoms with Crippen molar-refractivity contribution < 1.29 is 19.1 Å². The third-order valence-corrected chi connectivity index (χ3v) is 5.57. The molecule has 0 aliphatic carbocycles. The Labute approximate surface area is 161 Å². The standard InChI is InChI=1S/C19H21N3O4S/c23-18(20-6-3-15-10-27-11-21-15)13-4-7-22(8-5-13)19(24)14-1-2-16-17(9-14)26-12-25-16/h1-2,9-11,13H,3-8,12H2,(H,20,23). The van der Waals surface area contributed by atoms with E-state index in [0.29, 0.717) is 49.5 Å². The summed E-state index contributed by atoms with van der Waals surface area (Å²) in [7, 11) is 0. The fourth-order valence-electron chi connectivity index (χ4n) is 3.38. The number of likely N-dealkylation sites (tertiary alicyclic amines) is 1. The lowest BCUT2D eigenvalue weighted by Crippen LogP contribution is -2.43. The maximum absolute atomic E-state index is 12.7. The molecule has 7 nitrogen and oxygen atoms in total. The molecule has 2 amide bonds. The van der Waals surface area contributed by atoms with Crippen molar-refractivity contribution in [3.05, 3.63) is 40.3 Å².